The van der Waals surface area contributed by atoms with Crippen molar-refractivity contribution in [2.24, 2.45) is 11.1 Å². The smallest absolute Gasteiger partial charge is 0.313 e. The van der Waals surface area contributed by atoms with Crippen molar-refractivity contribution in [1.29, 1.82) is 0 Å². The molecule has 0 bridgehead atoms. The van der Waals surface area contributed by atoms with Gasteiger partial charge in [0.2, 0.25) is 0 Å². The quantitative estimate of drug-likeness (QED) is 0.836. The Kier molecular flexibility index (Phi) is 4.75. The standard InChI is InChI=1S/C12H15Br2NO2/c1-12(2,11(16)17-3)10(15)8-6-7(13)4-5-9(8)14/h4-6,10H,15H2,1-3H3/t10-/m1/s1. The van der Waals surface area contributed by atoms with Crippen molar-refractivity contribution < 1.29 is 9.53 Å². The molecular formula is C12H15Br2NO2. The van der Waals surface area contributed by atoms with Crippen LogP contribution >= 0.6 is 31.9 Å². The van der Waals surface area contributed by atoms with E-state index in [0.29, 0.717) is 0 Å². The van der Waals surface area contributed by atoms with E-state index in [1.165, 1.54) is 7.11 Å². The first-order valence-corrected chi connectivity index (χ1v) is 6.68. The summed E-state index contributed by atoms with van der Waals surface area (Å²) in [6.45, 7) is 3.55. The van der Waals surface area contributed by atoms with E-state index in [1.54, 1.807) is 13.8 Å². The number of carbonyl (C=O) groups excluding carboxylic acids is 1. The second kappa shape index (κ2) is 5.50. The Morgan fingerprint density at radius 1 is 1.41 bits per heavy atom. The van der Waals surface area contributed by atoms with Gasteiger partial charge in [-0.3, -0.25) is 4.79 Å². The molecule has 1 aromatic carbocycles. The van der Waals surface area contributed by atoms with E-state index in [-0.39, 0.29) is 5.97 Å². The summed E-state index contributed by atoms with van der Waals surface area (Å²) in [7, 11) is 1.37. The van der Waals surface area contributed by atoms with Gasteiger partial charge in [0.15, 0.2) is 0 Å². The molecule has 1 rings (SSSR count). The minimum Gasteiger partial charge on any atom is -0.469 e. The predicted molar refractivity (Wildman–Crippen MR) is 74.6 cm³/mol. The summed E-state index contributed by atoms with van der Waals surface area (Å²) in [6, 6.07) is 5.26. The highest BCUT2D eigenvalue weighted by molar-refractivity contribution is 9.11. The zero-order valence-corrected chi connectivity index (χ0v) is 13.1. The van der Waals surface area contributed by atoms with Gasteiger partial charge in [-0.1, -0.05) is 31.9 Å². The first kappa shape index (κ1) is 14.7. The number of hydrogen-bond acceptors (Lipinski definition) is 3. The van der Waals surface area contributed by atoms with Crippen molar-refractivity contribution >= 4 is 37.8 Å². The van der Waals surface area contributed by atoms with Crippen molar-refractivity contribution in [3.63, 3.8) is 0 Å². The van der Waals surface area contributed by atoms with Gasteiger partial charge in [0.05, 0.1) is 12.5 Å². The second-order valence-corrected chi connectivity index (χ2v) is 6.13. The maximum atomic E-state index is 11.7. The molecule has 5 heteroatoms. The molecule has 0 saturated heterocycles. The molecule has 1 aromatic rings. The molecular weight excluding hydrogens is 350 g/mol. The van der Waals surface area contributed by atoms with Gasteiger partial charge >= 0.3 is 5.97 Å². The lowest BCUT2D eigenvalue weighted by Crippen LogP contribution is -2.37. The van der Waals surface area contributed by atoms with E-state index in [4.69, 9.17) is 10.5 Å². The molecule has 0 heterocycles. The third-order valence-corrected chi connectivity index (χ3v) is 4.00. The number of carbonyl (C=O) groups is 1. The lowest BCUT2D eigenvalue weighted by molar-refractivity contribution is -0.152. The molecule has 0 fully saturated rings. The van der Waals surface area contributed by atoms with Gasteiger partial charge in [0, 0.05) is 15.0 Å². The summed E-state index contributed by atoms with van der Waals surface area (Å²) < 4.78 is 6.58. The molecule has 94 valence electrons. The van der Waals surface area contributed by atoms with Gasteiger partial charge in [-0.2, -0.15) is 0 Å². The Morgan fingerprint density at radius 3 is 2.53 bits per heavy atom. The largest absolute Gasteiger partial charge is 0.469 e. The maximum Gasteiger partial charge on any atom is 0.313 e. The Balaban J connectivity index is 3.15. The summed E-state index contributed by atoms with van der Waals surface area (Å²) in [6.07, 6.45) is 0. The Labute approximate surface area is 118 Å². The minimum absolute atomic E-state index is 0.322. The fourth-order valence-electron chi connectivity index (χ4n) is 1.53. The molecule has 17 heavy (non-hydrogen) atoms. The van der Waals surface area contributed by atoms with Crippen LogP contribution in [0.5, 0.6) is 0 Å². The molecule has 0 amide bonds. The van der Waals surface area contributed by atoms with E-state index >= 15 is 0 Å². The van der Waals surface area contributed by atoms with Crippen LogP contribution in [0.1, 0.15) is 25.5 Å². The van der Waals surface area contributed by atoms with Crippen molar-refractivity contribution in [2.75, 3.05) is 7.11 Å². The first-order chi connectivity index (χ1) is 7.80. The van der Waals surface area contributed by atoms with E-state index in [2.05, 4.69) is 31.9 Å². The molecule has 0 aliphatic rings. The molecule has 0 unspecified atom stereocenters. The fourth-order valence-corrected chi connectivity index (χ4v) is 2.40. The fraction of sp³-hybridized carbons (Fsp3) is 0.417. The van der Waals surface area contributed by atoms with Crippen LogP contribution in [0.2, 0.25) is 0 Å². The van der Waals surface area contributed by atoms with Crippen molar-refractivity contribution in [3.8, 4) is 0 Å². The molecule has 3 nitrogen and oxygen atoms in total. The highest BCUT2D eigenvalue weighted by Crippen LogP contribution is 2.37. The predicted octanol–water partition coefficient (Wildman–Crippen LogP) is 3.41. The lowest BCUT2D eigenvalue weighted by atomic mass is 9.81. The van der Waals surface area contributed by atoms with Crippen LogP contribution in [0.15, 0.2) is 27.1 Å². The highest BCUT2D eigenvalue weighted by Gasteiger charge is 2.37. The average molecular weight is 365 g/mol. The monoisotopic (exact) mass is 363 g/mol. The summed E-state index contributed by atoms with van der Waals surface area (Å²) >= 11 is 6.83. The molecule has 0 aliphatic heterocycles. The van der Waals surface area contributed by atoms with Crippen LogP contribution in [0.4, 0.5) is 0 Å². The SMILES string of the molecule is COC(=O)C(C)(C)[C@H](N)c1cc(Br)ccc1Br. The zero-order valence-electron chi connectivity index (χ0n) is 9.96. The molecule has 0 aliphatic carbocycles. The summed E-state index contributed by atoms with van der Waals surface area (Å²) in [5.74, 6) is -0.322. The minimum atomic E-state index is -0.780. The summed E-state index contributed by atoms with van der Waals surface area (Å²) in [4.78, 5) is 11.7. The molecule has 0 spiro atoms. The summed E-state index contributed by atoms with van der Waals surface area (Å²) in [5, 5.41) is 0. The zero-order chi connectivity index (χ0) is 13.2. The van der Waals surface area contributed by atoms with Crippen LogP contribution < -0.4 is 5.73 Å². The lowest BCUT2D eigenvalue weighted by Gasteiger charge is -2.29. The number of methoxy groups -OCH3 is 1. The molecule has 0 saturated carbocycles. The number of esters is 1. The summed E-state index contributed by atoms with van der Waals surface area (Å²) in [5.41, 5.74) is 6.26. The maximum absolute atomic E-state index is 11.7. The first-order valence-electron chi connectivity index (χ1n) is 5.09. The van der Waals surface area contributed by atoms with Crippen molar-refractivity contribution in [3.05, 3.63) is 32.7 Å². The van der Waals surface area contributed by atoms with Crippen LogP contribution in [-0.4, -0.2) is 13.1 Å². The Bertz CT molecular complexity index is 433. The number of benzene rings is 1. The third kappa shape index (κ3) is 3.09. The topological polar surface area (TPSA) is 52.3 Å². The van der Waals surface area contributed by atoms with Crippen LogP contribution in [0, 0.1) is 5.41 Å². The normalized spacial score (nSPS) is 13.3. The molecule has 0 radical (unpaired) electrons. The van der Waals surface area contributed by atoms with E-state index in [9.17, 15) is 4.79 Å². The Hall–Kier alpha value is -0.390. The number of ether oxygens (including phenoxy) is 1. The van der Waals surface area contributed by atoms with E-state index in [0.717, 1.165) is 14.5 Å². The van der Waals surface area contributed by atoms with E-state index in [1.807, 2.05) is 18.2 Å². The van der Waals surface area contributed by atoms with Crippen molar-refractivity contribution in [2.45, 2.75) is 19.9 Å². The molecule has 2 N–H and O–H groups in total. The van der Waals surface area contributed by atoms with Gasteiger partial charge in [-0.05, 0) is 37.6 Å². The van der Waals surface area contributed by atoms with Gasteiger partial charge < -0.3 is 10.5 Å². The van der Waals surface area contributed by atoms with Gasteiger partial charge in [0.1, 0.15) is 0 Å². The van der Waals surface area contributed by atoms with Gasteiger partial charge in [0.25, 0.3) is 0 Å². The number of nitrogens with two attached hydrogens (primary N) is 1. The third-order valence-electron chi connectivity index (χ3n) is 2.78. The number of rotatable bonds is 3. The van der Waals surface area contributed by atoms with Gasteiger partial charge in [-0.15, -0.1) is 0 Å². The second-order valence-electron chi connectivity index (χ2n) is 4.36. The van der Waals surface area contributed by atoms with Crippen molar-refractivity contribution in [1.82, 2.24) is 0 Å². The Morgan fingerprint density at radius 2 is 2.00 bits per heavy atom. The number of hydrogen-bond donors (Lipinski definition) is 1. The van der Waals surface area contributed by atoms with E-state index < -0.39 is 11.5 Å². The van der Waals surface area contributed by atoms with Gasteiger partial charge in [-0.25, -0.2) is 0 Å². The van der Waals surface area contributed by atoms with Crippen LogP contribution in [-0.2, 0) is 9.53 Å². The molecule has 1 atom stereocenters. The highest BCUT2D eigenvalue weighted by atomic mass is 79.9. The average Bonchev–Trinajstić information content (AvgIpc) is 2.30. The van der Waals surface area contributed by atoms with Crippen LogP contribution in [0.25, 0.3) is 0 Å². The number of halogens is 2. The molecule has 0 aromatic heterocycles. The van der Waals surface area contributed by atoms with Crippen LogP contribution in [0.3, 0.4) is 0 Å².